The standard InChI is InChI=1S/C23H39ClO2S/c1-6-7-13-27-17-21-15-22(25-5)20(16-24)14-23(21)26-12-11-19(4)10-8-9-18(2)3/h14-15,18-19H,6-13,16-17H2,1-5H3. The summed E-state index contributed by atoms with van der Waals surface area (Å²) < 4.78 is 11.7. The van der Waals surface area contributed by atoms with E-state index in [9.17, 15) is 0 Å². The van der Waals surface area contributed by atoms with Crippen LogP contribution in [-0.4, -0.2) is 19.5 Å². The van der Waals surface area contributed by atoms with Gasteiger partial charge in [0, 0.05) is 16.9 Å². The summed E-state index contributed by atoms with van der Waals surface area (Å²) in [7, 11) is 1.71. The number of methoxy groups -OCH3 is 1. The summed E-state index contributed by atoms with van der Waals surface area (Å²) in [6, 6.07) is 4.18. The van der Waals surface area contributed by atoms with Crippen molar-refractivity contribution in [3.63, 3.8) is 0 Å². The first-order valence-electron chi connectivity index (χ1n) is 10.5. The highest BCUT2D eigenvalue weighted by Gasteiger charge is 2.12. The maximum absolute atomic E-state index is 6.21. The van der Waals surface area contributed by atoms with Crippen molar-refractivity contribution in [3.8, 4) is 11.5 Å². The van der Waals surface area contributed by atoms with E-state index in [4.69, 9.17) is 21.1 Å². The number of unbranched alkanes of at least 4 members (excludes halogenated alkanes) is 1. The van der Waals surface area contributed by atoms with Crippen LogP contribution in [0.5, 0.6) is 11.5 Å². The highest BCUT2D eigenvalue weighted by molar-refractivity contribution is 7.98. The minimum Gasteiger partial charge on any atom is -0.496 e. The molecule has 0 fully saturated rings. The summed E-state index contributed by atoms with van der Waals surface area (Å²) in [6.07, 6.45) is 7.52. The van der Waals surface area contributed by atoms with Crippen molar-refractivity contribution in [2.24, 2.45) is 11.8 Å². The Morgan fingerprint density at radius 2 is 1.74 bits per heavy atom. The molecule has 0 bridgehead atoms. The Morgan fingerprint density at radius 3 is 2.37 bits per heavy atom. The summed E-state index contributed by atoms with van der Waals surface area (Å²) >= 11 is 8.07. The van der Waals surface area contributed by atoms with Crippen molar-refractivity contribution >= 4 is 23.4 Å². The van der Waals surface area contributed by atoms with Gasteiger partial charge in [-0.25, -0.2) is 0 Å². The van der Waals surface area contributed by atoms with Crippen LogP contribution in [0.3, 0.4) is 0 Å². The summed E-state index contributed by atoms with van der Waals surface area (Å²) in [6.45, 7) is 9.93. The van der Waals surface area contributed by atoms with Crippen LogP contribution in [0.25, 0.3) is 0 Å². The smallest absolute Gasteiger partial charge is 0.123 e. The van der Waals surface area contributed by atoms with Gasteiger partial charge in [-0.2, -0.15) is 11.8 Å². The molecule has 0 aliphatic carbocycles. The Labute approximate surface area is 176 Å². The molecule has 0 aromatic heterocycles. The van der Waals surface area contributed by atoms with Crippen LogP contribution in [0.4, 0.5) is 0 Å². The Kier molecular flexibility index (Phi) is 13.1. The van der Waals surface area contributed by atoms with Gasteiger partial charge >= 0.3 is 0 Å². The summed E-state index contributed by atoms with van der Waals surface area (Å²) in [5, 5.41) is 0. The third-order valence-corrected chi connectivity index (χ3v) is 6.23. The molecule has 0 aliphatic rings. The molecule has 2 nitrogen and oxygen atoms in total. The average Bonchev–Trinajstić information content (AvgIpc) is 2.65. The average molecular weight is 415 g/mol. The van der Waals surface area contributed by atoms with Crippen LogP contribution in [0.15, 0.2) is 12.1 Å². The molecule has 0 spiro atoms. The number of thioether (sulfide) groups is 1. The Bertz CT molecular complexity index is 519. The Morgan fingerprint density at radius 1 is 1.00 bits per heavy atom. The van der Waals surface area contributed by atoms with Gasteiger partial charge in [-0.15, -0.1) is 11.6 Å². The molecular weight excluding hydrogens is 376 g/mol. The third kappa shape index (κ3) is 9.99. The van der Waals surface area contributed by atoms with E-state index in [0.717, 1.165) is 41.8 Å². The maximum atomic E-state index is 6.21. The molecule has 156 valence electrons. The largest absolute Gasteiger partial charge is 0.496 e. The third-order valence-electron chi connectivity index (χ3n) is 4.85. The second kappa shape index (κ2) is 14.5. The molecule has 0 radical (unpaired) electrons. The normalized spacial score (nSPS) is 12.4. The summed E-state index contributed by atoms with van der Waals surface area (Å²) in [5.74, 6) is 5.93. The van der Waals surface area contributed by atoms with Crippen molar-refractivity contribution in [2.75, 3.05) is 19.5 Å². The SMILES string of the molecule is CCCCSCc1cc(OC)c(CCl)cc1OCCC(C)CCCC(C)C. The highest BCUT2D eigenvalue weighted by Crippen LogP contribution is 2.33. The lowest BCUT2D eigenvalue weighted by Gasteiger charge is -2.17. The first-order valence-corrected chi connectivity index (χ1v) is 12.2. The van der Waals surface area contributed by atoms with Crippen LogP contribution >= 0.6 is 23.4 Å². The van der Waals surface area contributed by atoms with Crippen LogP contribution in [-0.2, 0) is 11.6 Å². The summed E-state index contributed by atoms with van der Waals surface area (Å²) in [4.78, 5) is 0. The maximum Gasteiger partial charge on any atom is 0.123 e. The number of rotatable bonds is 15. The first-order chi connectivity index (χ1) is 13.0. The van der Waals surface area contributed by atoms with Gasteiger partial charge in [-0.05, 0) is 42.6 Å². The van der Waals surface area contributed by atoms with Crippen molar-refractivity contribution in [3.05, 3.63) is 23.3 Å². The molecule has 0 saturated heterocycles. The van der Waals surface area contributed by atoms with E-state index < -0.39 is 0 Å². The van der Waals surface area contributed by atoms with Crippen molar-refractivity contribution < 1.29 is 9.47 Å². The second-order valence-electron chi connectivity index (χ2n) is 7.88. The molecule has 4 heteroatoms. The number of halogens is 1. The molecule has 0 amide bonds. The van der Waals surface area contributed by atoms with Crippen LogP contribution in [0, 0.1) is 11.8 Å². The minimum absolute atomic E-state index is 0.439. The zero-order valence-corrected chi connectivity index (χ0v) is 19.6. The van der Waals surface area contributed by atoms with Gasteiger partial charge in [-0.3, -0.25) is 0 Å². The first kappa shape index (κ1) is 24.5. The molecule has 1 aromatic carbocycles. The van der Waals surface area contributed by atoms with E-state index in [1.165, 1.54) is 43.4 Å². The Balaban J connectivity index is 2.64. The second-order valence-corrected chi connectivity index (χ2v) is 9.25. The number of ether oxygens (including phenoxy) is 2. The molecule has 0 N–H and O–H groups in total. The zero-order chi connectivity index (χ0) is 20.1. The minimum atomic E-state index is 0.439. The van der Waals surface area contributed by atoms with Gasteiger partial charge in [0.25, 0.3) is 0 Å². The van der Waals surface area contributed by atoms with E-state index in [1.54, 1.807) is 7.11 Å². The monoisotopic (exact) mass is 414 g/mol. The molecule has 1 atom stereocenters. The predicted molar refractivity (Wildman–Crippen MR) is 122 cm³/mol. The molecule has 0 aliphatic heterocycles. The number of hydrogen-bond acceptors (Lipinski definition) is 3. The lowest BCUT2D eigenvalue weighted by Crippen LogP contribution is -2.07. The summed E-state index contributed by atoms with van der Waals surface area (Å²) in [5.41, 5.74) is 2.22. The van der Waals surface area contributed by atoms with E-state index in [2.05, 4.69) is 39.8 Å². The lowest BCUT2D eigenvalue weighted by molar-refractivity contribution is 0.273. The predicted octanol–water partition coefficient (Wildman–Crippen LogP) is 7.70. The van der Waals surface area contributed by atoms with E-state index in [1.807, 2.05) is 11.8 Å². The quantitative estimate of drug-likeness (QED) is 0.216. The van der Waals surface area contributed by atoms with E-state index in [0.29, 0.717) is 11.8 Å². The van der Waals surface area contributed by atoms with Crippen molar-refractivity contribution in [2.45, 2.75) is 77.9 Å². The van der Waals surface area contributed by atoms with Gasteiger partial charge in [0.15, 0.2) is 0 Å². The van der Waals surface area contributed by atoms with Gasteiger partial charge in [0.2, 0.25) is 0 Å². The molecule has 0 heterocycles. The van der Waals surface area contributed by atoms with E-state index >= 15 is 0 Å². The molecule has 1 aromatic rings. The molecular formula is C23H39ClO2S. The zero-order valence-electron chi connectivity index (χ0n) is 18.0. The van der Waals surface area contributed by atoms with Gasteiger partial charge in [0.05, 0.1) is 19.6 Å². The number of alkyl halides is 1. The fourth-order valence-electron chi connectivity index (χ4n) is 3.00. The van der Waals surface area contributed by atoms with Crippen molar-refractivity contribution in [1.29, 1.82) is 0 Å². The van der Waals surface area contributed by atoms with Crippen molar-refractivity contribution in [1.82, 2.24) is 0 Å². The topological polar surface area (TPSA) is 18.5 Å². The molecule has 0 saturated carbocycles. The van der Waals surface area contributed by atoms with Crippen LogP contribution in [0.1, 0.15) is 77.3 Å². The van der Waals surface area contributed by atoms with Gasteiger partial charge < -0.3 is 9.47 Å². The highest BCUT2D eigenvalue weighted by atomic mass is 35.5. The molecule has 1 unspecified atom stereocenters. The van der Waals surface area contributed by atoms with Crippen LogP contribution in [0.2, 0.25) is 0 Å². The fraction of sp³-hybridized carbons (Fsp3) is 0.739. The number of hydrogen-bond donors (Lipinski definition) is 0. The Hall–Kier alpha value is -0.540. The van der Waals surface area contributed by atoms with Crippen LogP contribution < -0.4 is 9.47 Å². The van der Waals surface area contributed by atoms with Gasteiger partial charge in [0.1, 0.15) is 11.5 Å². The van der Waals surface area contributed by atoms with E-state index in [-0.39, 0.29) is 0 Å². The van der Waals surface area contributed by atoms with Gasteiger partial charge in [-0.1, -0.05) is 53.4 Å². The molecule has 27 heavy (non-hydrogen) atoms. The number of benzene rings is 1. The lowest BCUT2D eigenvalue weighted by atomic mass is 9.98. The molecule has 1 rings (SSSR count). The fourth-order valence-corrected chi connectivity index (χ4v) is 4.29.